The molecule has 2 nitrogen and oxygen atoms in total. The highest BCUT2D eigenvalue weighted by Gasteiger charge is 2.32. The standard InChI is InChI=1S/C14H27NO/c1-10-4-9-14(11(10)2)15-12-5-7-13(16-3)8-6-12/h10-15H,4-9H2,1-3H3. The Bertz CT molecular complexity index is 211. The molecule has 0 aromatic rings. The molecular weight excluding hydrogens is 198 g/mol. The molecule has 0 radical (unpaired) electrons. The molecule has 0 aliphatic heterocycles. The van der Waals surface area contributed by atoms with Crippen LogP contribution in [-0.2, 0) is 4.74 Å². The van der Waals surface area contributed by atoms with Crippen LogP contribution in [0.2, 0.25) is 0 Å². The summed E-state index contributed by atoms with van der Waals surface area (Å²) in [6, 6.07) is 1.53. The van der Waals surface area contributed by atoms with Crippen molar-refractivity contribution in [3.05, 3.63) is 0 Å². The van der Waals surface area contributed by atoms with E-state index in [4.69, 9.17) is 4.74 Å². The first-order chi connectivity index (χ1) is 7.70. The monoisotopic (exact) mass is 225 g/mol. The minimum absolute atomic E-state index is 0.526. The summed E-state index contributed by atoms with van der Waals surface area (Å²) >= 11 is 0. The minimum atomic E-state index is 0.526. The van der Waals surface area contributed by atoms with Crippen LogP contribution in [0.4, 0.5) is 0 Å². The maximum atomic E-state index is 5.42. The number of rotatable bonds is 3. The molecule has 2 saturated carbocycles. The SMILES string of the molecule is COC1CCC(NC2CCC(C)C2C)CC1. The molecule has 2 fully saturated rings. The molecule has 0 heterocycles. The molecule has 3 unspecified atom stereocenters. The summed E-state index contributed by atoms with van der Waals surface area (Å²) in [6.07, 6.45) is 8.40. The van der Waals surface area contributed by atoms with E-state index in [-0.39, 0.29) is 0 Å². The molecule has 0 saturated heterocycles. The van der Waals surface area contributed by atoms with Gasteiger partial charge in [-0.25, -0.2) is 0 Å². The minimum Gasteiger partial charge on any atom is -0.381 e. The smallest absolute Gasteiger partial charge is 0.0572 e. The van der Waals surface area contributed by atoms with E-state index in [2.05, 4.69) is 19.2 Å². The number of ether oxygens (including phenoxy) is 1. The van der Waals surface area contributed by atoms with Gasteiger partial charge in [0.25, 0.3) is 0 Å². The van der Waals surface area contributed by atoms with Crippen LogP contribution >= 0.6 is 0 Å². The quantitative estimate of drug-likeness (QED) is 0.797. The summed E-state index contributed by atoms with van der Waals surface area (Å²) in [5.74, 6) is 1.77. The molecule has 0 bridgehead atoms. The highest BCUT2D eigenvalue weighted by Crippen LogP contribution is 2.32. The topological polar surface area (TPSA) is 21.3 Å². The van der Waals surface area contributed by atoms with Crippen molar-refractivity contribution in [2.45, 2.75) is 70.6 Å². The van der Waals surface area contributed by atoms with E-state index in [1.165, 1.54) is 38.5 Å². The first kappa shape index (κ1) is 12.4. The molecular formula is C14H27NO. The number of hydrogen-bond donors (Lipinski definition) is 1. The van der Waals surface area contributed by atoms with E-state index in [0.29, 0.717) is 6.10 Å². The zero-order chi connectivity index (χ0) is 11.5. The van der Waals surface area contributed by atoms with Crippen LogP contribution in [0.25, 0.3) is 0 Å². The molecule has 2 aliphatic rings. The van der Waals surface area contributed by atoms with Crippen molar-refractivity contribution >= 4 is 0 Å². The summed E-state index contributed by atoms with van der Waals surface area (Å²) in [5.41, 5.74) is 0. The fourth-order valence-corrected chi connectivity index (χ4v) is 3.37. The largest absolute Gasteiger partial charge is 0.381 e. The van der Waals surface area contributed by atoms with E-state index in [9.17, 15) is 0 Å². The molecule has 2 rings (SSSR count). The second-order valence-electron chi connectivity index (χ2n) is 5.90. The van der Waals surface area contributed by atoms with Crippen molar-refractivity contribution < 1.29 is 4.74 Å². The zero-order valence-corrected chi connectivity index (χ0v) is 11.0. The van der Waals surface area contributed by atoms with Gasteiger partial charge in [-0.3, -0.25) is 0 Å². The van der Waals surface area contributed by atoms with Crippen LogP contribution in [0.5, 0.6) is 0 Å². The predicted octanol–water partition coefficient (Wildman–Crippen LogP) is 2.97. The van der Waals surface area contributed by atoms with Crippen molar-refractivity contribution in [2.24, 2.45) is 11.8 Å². The molecule has 2 heteroatoms. The van der Waals surface area contributed by atoms with E-state index in [1.807, 2.05) is 7.11 Å². The fraction of sp³-hybridized carbons (Fsp3) is 1.00. The molecule has 2 aliphatic carbocycles. The van der Waals surface area contributed by atoms with Crippen LogP contribution in [0, 0.1) is 11.8 Å². The Morgan fingerprint density at radius 1 is 0.938 bits per heavy atom. The van der Waals surface area contributed by atoms with Gasteiger partial charge < -0.3 is 10.1 Å². The average molecular weight is 225 g/mol. The van der Waals surface area contributed by atoms with E-state index in [0.717, 1.165) is 23.9 Å². The Morgan fingerprint density at radius 3 is 2.12 bits per heavy atom. The van der Waals surface area contributed by atoms with Gasteiger partial charge in [0.05, 0.1) is 6.10 Å². The summed E-state index contributed by atoms with van der Waals surface area (Å²) in [4.78, 5) is 0. The Hall–Kier alpha value is -0.0800. The first-order valence-corrected chi connectivity index (χ1v) is 6.99. The zero-order valence-electron chi connectivity index (χ0n) is 11.0. The van der Waals surface area contributed by atoms with Gasteiger partial charge in [0.2, 0.25) is 0 Å². The predicted molar refractivity (Wildman–Crippen MR) is 67.5 cm³/mol. The van der Waals surface area contributed by atoms with E-state index in [1.54, 1.807) is 0 Å². The highest BCUT2D eigenvalue weighted by molar-refractivity contribution is 4.88. The van der Waals surface area contributed by atoms with Crippen molar-refractivity contribution in [1.82, 2.24) is 5.32 Å². The van der Waals surface area contributed by atoms with Gasteiger partial charge in [0, 0.05) is 19.2 Å². The lowest BCUT2D eigenvalue weighted by Gasteiger charge is -2.32. The molecule has 94 valence electrons. The van der Waals surface area contributed by atoms with Crippen molar-refractivity contribution in [3.8, 4) is 0 Å². The van der Waals surface area contributed by atoms with Gasteiger partial charge in [-0.05, 0) is 50.4 Å². The molecule has 3 atom stereocenters. The van der Waals surface area contributed by atoms with Crippen LogP contribution < -0.4 is 5.32 Å². The van der Waals surface area contributed by atoms with Crippen molar-refractivity contribution in [1.29, 1.82) is 0 Å². The molecule has 0 amide bonds. The Kier molecular flexibility index (Phi) is 4.26. The maximum absolute atomic E-state index is 5.42. The van der Waals surface area contributed by atoms with Gasteiger partial charge in [-0.15, -0.1) is 0 Å². The lowest BCUT2D eigenvalue weighted by Crippen LogP contribution is -2.43. The van der Waals surface area contributed by atoms with Gasteiger partial charge >= 0.3 is 0 Å². The number of nitrogens with one attached hydrogen (secondary N) is 1. The molecule has 0 aromatic carbocycles. The second-order valence-corrected chi connectivity index (χ2v) is 5.90. The lowest BCUT2D eigenvalue weighted by atomic mass is 9.91. The number of hydrogen-bond acceptors (Lipinski definition) is 2. The van der Waals surface area contributed by atoms with Crippen molar-refractivity contribution in [2.75, 3.05) is 7.11 Å². The van der Waals surface area contributed by atoms with E-state index >= 15 is 0 Å². The molecule has 1 N–H and O–H groups in total. The van der Waals surface area contributed by atoms with Gasteiger partial charge in [-0.2, -0.15) is 0 Å². The average Bonchev–Trinajstić information content (AvgIpc) is 2.62. The normalized spacial score (nSPS) is 44.8. The fourth-order valence-electron chi connectivity index (χ4n) is 3.37. The lowest BCUT2D eigenvalue weighted by molar-refractivity contribution is 0.0603. The summed E-state index contributed by atoms with van der Waals surface area (Å²) in [6.45, 7) is 4.81. The summed E-state index contributed by atoms with van der Waals surface area (Å²) < 4.78 is 5.42. The van der Waals surface area contributed by atoms with Crippen LogP contribution in [0.15, 0.2) is 0 Å². The summed E-state index contributed by atoms with van der Waals surface area (Å²) in [5, 5.41) is 3.89. The third-order valence-corrected chi connectivity index (χ3v) is 4.92. The van der Waals surface area contributed by atoms with Gasteiger partial charge in [0.15, 0.2) is 0 Å². The highest BCUT2D eigenvalue weighted by atomic mass is 16.5. The molecule has 16 heavy (non-hydrogen) atoms. The Morgan fingerprint density at radius 2 is 1.62 bits per heavy atom. The van der Waals surface area contributed by atoms with Crippen LogP contribution in [0.1, 0.15) is 52.4 Å². The molecule has 0 spiro atoms. The second kappa shape index (κ2) is 5.50. The van der Waals surface area contributed by atoms with Crippen LogP contribution in [0.3, 0.4) is 0 Å². The number of methoxy groups -OCH3 is 1. The van der Waals surface area contributed by atoms with Gasteiger partial charge in [0.1, 0.15) is 0 Å². The Labute approximate surface area is 100 Å². The molecule has 0 aromatic heterocycles. The maximum Gasteiger partial charge on any atom is 0.0572 e. The third kappa shape index (κ3) is 2.78. The summed E-state index contributed by atoms with van der Waals surface area (Å²) in [7, 11) is 1.85. The van der Waals surface area contributed by atoms with Gasteiger partial charge in [-0.1, -0.05) is 13.8 Å². The van der Waals surface area contributed by atoms with E-state index < -0.39 is 0 Å². The Balaban J connectivity index is 1.74. The van der Waals surface area contributed by atoms with Crippen LogP contribution in [-0.4, -0.2) is 25.3 Å². The first-order valence-electron chi connectivity index (χ1n) is 6.99. The van der Waals surface area contributed by atoms with Crippen molar-refractivity contribution in [3.63, 3.8) is 0 Å². The third-order valence-electron chi connectivity index (χ3n) is 4.92.